The van der Waals surface area contributed by atoms with E-state index in [1.807, 2.05) is 12.1 Å². The van der Waals surface area contributed by atoms with Crippen LogP contribution in [0, 0.1) is 0 Å². The number of aromatic nitrogens is 1. The van der Waals surface area contributed by atoms with Crippen LogP contribution < -0.4 is 5.32 Å². The Morgan fingerprint density at radius 2 is 2.05 bits per heavy atom. The van der Waals surface area contributed by atoms with Gasteiger partial charge in [0.15, 0.2) is 0 Å². The second kappa shape index (κ2) is 5.22. The van der Waals surface area contributed by atoms with Crippen LogP contribution in [0.4, 0.5) is 18.9 Å². The molecular weight excluding hydrogens is 301 g/mol. The molecule has 21 heavy (non-hydrogen) atoms. The maximum absolute atomic E-state index is 12.8. The third-order valence-electron chi connectivity index (χ3n) is 3.52. The number of alkyl halides is 3. The Labute approximate surface area is 125 Å². The molecule has 1 atom stereocenters. The first-order valence-corrected chi connectivity index (χ1v) is 6.89. The molecule has 6 heteroatoms. The molecule has 1 aliphatic carbocycles. The van der Waals surface area contributed by atoms with Gasteiger partial charge in [-0.25, -0.2) is 0 Å². The average molecular weight is 313 g/mol. The van der Waals surface area contributed by atoms with E-state index in [1.54, 1.807) is 6.20 Å². The summed E-state index contributed by atoms with van der Waals surface area (Å²) in [5.41, 5.74) is 1.63. The van der Waals surface area contributed by atoms with Crippen molar-refractivity contribution in [3.63, 3.8) is 0 Å². The highest BCUT2D eigenvalue weighted by Crippen LogP contribution is 2.36. The van der Waals surface area contributed by atoms with Gasteiger partial charge in [-0.1, -0.05) is 17.7 Å². The monoisotopic (exact) mass is 312 g/mol. The highest BCUT2D eigenvalue weighted by Gasteiger charge is 2.31. The van der Waals surface area contributed by atoms with Crippen LogP contribution in [0.2, 0.25) is 5.02 Å². The molecule has 1 aromatic heterocycles. The lowest BCUT2D eigenvalue weighted by molar-refractivity contribution is -0.137. The Bertz CT molecular complexity index is 670. The average Bonchev–Trinajstić information content (AvgIpc) is 2.81. The third-order valence-corrected chi connectivity index (χ3v) is 3.74. The SMILES string of the molecule is FC(F)(F)c1cc(Cl)cc(NC2CCc3cccnc32)c1. The Hall–Kier alpha value is -1.75. The number of aryl methyl sites for hydroxylation is 1. The van der Waals surface area contributed by atoms with Gasteiger partial charge < -0.3 is 5.32 Å². The summed E-state index contributed by atoms with van der Waals surface area (Å²) in [7, 11) is 0. The van der Waals surface area contributed by atoms with Crippen LogP contribution in [0.15, 0.2) is 36.5 Å². The van der Waals surface area contributed by atoms with Gasteiger partial charge in [0.1, 0.15) is 0 Å². The highest BCUT2D eigenvalue weighted by atomic mass is 35.5. The quantitative estimate of drug-likeness (QED) is 0.857. The number of benzene rings is 1. The first-order chi connectivity index (χ1) is 9.93. The smallest absolute Gasteiger partial charge is 0.377 e. The number of nitrogens with zero attached hydrogens (tertiary/aromatic N) is 1. The van der Waals surface area contributed by atoms with E-state index in [4.69, 9.17) is 11.6 Å². The van der Waals surface area contributed by atoms with E-state index < -0.39 is 11.7 Å². The minimum atomic E-state index is -4.41. The highest BCUT2D eigenvalue weighted by molar-refractivity contribution is 6.30. The fourth-order valence-corrected chi connectivity index (χ4v) is 2.83. The molecule has 1 N–H and O–H groups in total. The molecule has 0 aliphatic heterocycles. The van der Waals surface area contributed by atoms with Crippen LogP contribution in [0.1, 0.15) is 29.3 Å². The van der Waals surface area contributed by atoms with Gasteiger partial charge in [0.25, 0.3) is 0 Å². The molecule has 2 nitrogen and oxygen atoms in total. The van der Waals surface area contributed by atoms with Crippen LogP contribution in [0.25, 0.3) is 0 Å². The second-order valence-corrected chi connectivity index (χ2v) is 5.45. The fraction of sp³-hybridized carbons (Fsp3) is 0.267. The second-order valence-electron chi connectivity index (χ2n) is 5.01. The predicted molar refractivity (Wildman–Crippen MR) is 75.4 cm³/mol. The van der Waals surface area contributed by atoms with Crippen LogP contribution in [-0.4, -0.2) is 4.98 Å². The van der Waals surface area contributed by atoms with Crippen molar-refractivity contribution in [2.75, 3.05) is 5.32 Å². The van der Waals surface area contributed by atoms with Gasteiger partial charge in [-0.2, -0.15) is 13.2 Å². The van der Waals surface area contributed by atoms with E-state index >= 15 is 0 Å². The third kappa shape index (κ3) is 2.97. The van der Waals surface area contributed by atoms with Crippen molar-refractivity contribution < 1.29 is 13.2 Å². The minimum Gasteiger partial charge on any atom is -0.377 e. The molecular formula is C15H12ClF3N2. The van der Waals surface area contributed by atoms with E-state index in [2.05, 4.69) is 10.3 Å². The lowest BCUT2D eigenvalue weighted by Crippen LogP contribution is -2.10. The number of rotatable bonds is 2. The van der Waals surface area contributed by atoms with Gasteiger partial charge in [-0.3, -0.25) is 4.98 Å². The van der Waals surface area contributed by atoms with Crippen molar-refractivity contribution in [1.29, 1.82) is 0 Å². The molecule has 0 amide bonds. The summed E-state index contributed by atoms with van der Waals surface area (Å²) < 4.78 is 38.4. The van der Waals surface area contributed by atoms with E-state index in [1.165, 1.54) is 6.07 Å². The summed E-state index contributed by atoms with van der Waals surface area (Å²) in [5.74, 6) is 0. The largest absolute Gasteiger partial charge is 0.416 e. The van der Waals surface area contributed by atoms with Crippen LogP contribution >= 0.6 is 11.6 Å². The topological polar surface area (TPSA) is 24.9 Å². The molecule has 1 unspecified atom stereocenters. The summed E-state index contributed by atoms with van der Waals surface area (Å²) in [6, 6.07) is 7.27. The molecule has 1 heterocycles. The molecule has 110 valence electrons. The number of anilines is 1. The van der Waals surface area contributed by atoms with Crippen molar-refractivity contribution in [2.45, 2.75) is 25.1 Å². The number of hydrogen-bond acceptors (Lipinski definition) is 2. The number of hydrogen-bond donors (Lipinski definition) is 1. The Balaban J connectivity index is 1.88. The summed E-state index contributed by atoms with van der Waals surface area (Å²) >= 11 is 5.79. The minimum absolute atomic E-state index is 0.0616. The predicted octanol–water partition coefficient (Wildman–Crippen LogP) is 4.85. The Morgan fingerprint density at radius 1 is 1.24 bits per heavy atom. The molecule has 1 aliphatic rings. The molecule has 0 radical (unpaired) electrons. The zero-order valence-corrected chi connectivity index (χ0v) is 11.7. The lowest BCUT2D eigenvalue weighted by Gasteiger charge is -2.16. The molecule has 3 rings (SSSR count). The molecule has 0 saturated carbocycles. The van der Waals surface area contributed by atoms with Gasteiger partial charge in [0, 0.05) is 16.9 Å². The number of nitrogens with one attached hydrogen (secondary N) is 1. The zero-order chi connectivity index (χ0) is 15.0. The van der Waals surface area contributed by atoms with Crippen molar-refractivity contribution in [3.8, 4) is 0 Å². The molecule has 0 fully saturated rings. The van der Waals surface area contributed by atoms with E-state index in [0.29, 0.717) is 5.69 Å². The first-order valence-electron chi connectivity index (χ1n) is 6.51. The van der Waals surface area contributed by atoms with Crippen molar-refractivity contribution in [2.24, 2.45) is 0 Å². The standard InChI is InChI=1S/C15H12ClF3N2/c16-11-6-10(15(17,18)19)7-12(8-11)21-13-4-3-9-2-1-5-20-14(9)13/h1-2,5-8,13,21H,3-4H2. The van der Waals surface area contributed by atoms with Crippen molar-refractivity contribution >= 4 is 17.3 Å². The summed E-state index contributed by atoms with van der Waals surface area (Å²) in [6.07, 6.45) is -1.04. The van der Waals surface area contributed by atoms with Crippen LogP contribution in [-0.2, 0) is 12.6 Å². The van der Waals surface area contributed by atoms with Crippen LogP contribution in [0.3, 0.4) is 0 Å². The molecule has 2 aromatic rings. The van der Waals surface area contributed by atoms with Gasteiger partial charge >= 0.3 is 6.18 Å². The van der Waals surface area contributed by atoms with Crippen molar-refractivity contribution in [3.05, 3.63) is 58.4 Å². The number of halogens is 4. The first kappa shape index (κ1) is 14.2. The van der Waals surface area contributed by atoms with E-state index in [9.17, 15) is 13.2 Å². The molecule has 0 saturated heterocycles. The van der Waals surface area contributed by atoms with Gasteiger partial charge in [0.05, 0.1) is 17.3 Å². The summed E-state index contributed by atoms with van der Waals surface area (Å²) in [6.45, 7) is 0. The summed E-state index contributed by atoms with van der Waals surface area (Å²) in [5, 5.41) is 3.17. The molecule has 0 spiro atoms. The lowest BCUT2D eigenvalue weighted by atomic mass is 10.1. The van der Waals surface area contributed by atoms with Crippen molar-refractivity contribution in [1.82, 2.24) is 4.98 Å². The zero-order valence-electron chi connectivity index (χ0n) is 10.9. The normalized spacial score (nSPS) is 17.6. The van der Waals surface area contributed by atoms with Gasteiger partial charge in [-0.05, 0) is 42.7 Å². The summed E-state index contributed by atoms with van der Waals surface area (Å²) in [4.78, 5) is 4.31. The number of pyridine rings is 1. The molecule has 0 bridgehead atoms. The maximum Gasteiger partial charge on any atom is 0.416 e. The molecule has 1 aromatic carbocycles. The Morgan fingerprint density at radius 3 is 2.81 bits per heavy atom. The fourth-order valence-electron chi connectivity index (χ4n) is 2.59. The van der Waals surface area contributed by atoms with Gasteiger partial charge in [-0.15, -0.1) is 0 Å². The maximum atomic E-state index is 12.8. The number of fused-ring (bicyclic) bond motifs is 1. The van der Waals surface area contributed by atoms with E-state index in [0.717, 1.165) is 36.2 Å². The van der Waals surface area contributed by atoms with Gasteiger partial charge in [0.2, 0.25) is 0 Å². The Kier molecular flexibility index (Phi) is 3.53. The van der Waals surface area contributed by atoms with E-state index in [-0.39, 0.29) is 11.1 Å². The van der Waals surface area contributed by atoms with Crippen LogP contribution in [0.5, 0.6) is 0 Å².